The van der Waals surface area contributed by atoms with Crippen LogP contribution < -0.4 is 10.6 Å². The van der Waals surface area contributed by atoms with Gasteiger partial charge in [-0.1, -0.05) is 6.92 Å². The van der Waals surface area contributed by atoms with Crippen molar-refractivity contribution < 1.29 is 17.0 Å². The standard InChI is InChI=1S/C18H23N7O4S/c1-3-7-20-16-14(17-25-24-15(29-17)12-28-30(2,26)27)11-22-18(23-16)21-10-6-13-4-8-19-9-5-13/h4-5,8-9,11H,3,6-7,10,12H2,1-2H3,(H2,20,21,22,23). The van der Waals surface area contributed by atoms with Crippen LogP contribution in [-0.4, -0.2) is 52.9 Å². The second-order valence-corrected chi connectivity index (χ2v) is 8.03. The number of nitrogens with zero attached hydrogens (tertiary/aromatic N) is 5. The molecule has 0 saturated carbocycles. The lowest BCUT2D eigenvalue weighted by Crippen LogP contribution is -2.11. The van der Waals surface area contributed by atoms with Crippen molar-refractivity contribution in [3.8, 4) is 11.5 Å². The molecule has 0 saturated heterocycles. The van der Waals surface area contributed by atoms with Crippen LogP contribution in [0.1, 0.15) is 24.8 Å². The molecule has 12 heteroatoms. The maximum Gasteiger partial charge on any atom is 0.264 e. The molecular weight excluding hydrogens is 410 g/mol. The van der Waals surface area contributed by atoms with Gasteiger partial charge in [-0.3, -0.25) is 9.17 Å². The first-order valence-electron chi connectivity index (χ1n) is 9.35. The van der Waals surface area contributed by atoms with Crippen LogP contribution in [0.3, 0.4) is 0 Å². The van der Waals surface area contributed by atoms with Gasteiger partial charge >= 0.3 is 0 Å². The van der Waals surface area contributed by atoms with Crippen LogP contribution in [0.15, 0.2) is 35.1 Å². The van der Waals surface area contributed by atoms with Crippen LogP contribution in [0.4, 0.5) is 11.8 Å². The van der Waals surface area contributed by atoms with E-state index in [9.17, 15) is 8.42 Å². The smallest absolute Gasteiger partial charge is 0.264 e. The number of nitrogens with one attached hydrogen (secondary N) is 2. The zero-order chi connectivity index (χ0) is 21.4. The van der Waals surface area contributed by atoms with Crippen molar-refractivity contribution in [1.82, 2.24) is 25.1 Å². The van der Waals surface area contributed by atoms with Gasteiger partial charge in [0.2, 0.25) is 11.8 Å². The van der Waals surface area contributed by atoms with E-state index in [-0.39, 0.29) is 18.4 Å². The topological polar surface area (TPSA) is 145 Å². The van der Waals surface area contributed by atoms with Crippen molar-refractivity contribution in [3.05, 3.63) is 42.2 Å². The molecule has 3 aromatic rings. The third kappa shape index (κ3) is 6.46. The van der Waals surface area contributed by atoms with Crippen LogP contribution in [0.5, 0.6) is 0 Å². The summed E-state index contributed by atoms with van der Waals surface area (Å²) in [5, 5.41) is 14.2. The Labute approximate surface area is 174 Å². The molecular formula is C18H23N7O4S. The Hall–Kier alpha value is -3.12. The molecule has 0 aliphatic carbocycles. The Kier molecular flexibility index (Phi) is 7.25. The van der Waals surface area contributed by atoms with Gasteiger partial charge in [-0.05, 0) is 30.5 Å². The van der Waals surface area contributed by atoms with Gasteiger partial charge < -0.3 is 15.1 Å². The van der Waals surface area contributed by atoms with Crippen LogP contribution in [0, 0.1) is 0 Å². The molecule has 160 valence electrons. The summed E-state index contributed by atoms with van der Waals surface area (Å²) in [6, 6.07) is 3.92. The van der Waals surface area contributed by atoms with Crippen molar-refractivity contribution in [2.24, 2.45) is 0 Å². The predicted molar refractivity (Wildman–Crippen MR) is 110 cm³/mol. The molecule has 0 unspecified atom stereocenters. The van der Waals surface area contributed by atoms with E-state index in [1.54, 1.807) is 18.6 Å². The minimum atomic E-state index is -3.61. The maximum absolute atomic E-state index is 11.1. The second-order valence-electron chi connectivity index (χ2n) is 6.38. The Bertz CT molecular complexity index is 1060. The third-order valence-electron chi connectivity index (χ3n) is 3.87. The highest BCUT2D eigenvalue weighted by atomic mass is 32.2. The maximum atomic E-state index is 11.1. The van der Waals surface area contributed by atoms with E-state index in [0.717, 1.165) is 24.7 Å². The summed E-state index contributed by atoms with van der Waals surface area (Å²) in [6.45, 7) is 3.05. The number of pyridine rings is 1. The summed E-state index contributed by atoms with van der Waals surface area (Å²) in [7, 11) is -3.61. The molecule has 0 aromatic carbocycles. The fourth-order valence-electron chi connectivity index (χ4n) is 2.45. The van der Waals surface area contributed by atoms with Gasteiger partial charge in [-0.25, -0.2) is 4.98 Å². The summed E-state index contributed by atoms with van der Waals surface area (Å²) in [5.74, 6) is 1.21. The van der Waals surface area contributed by atoms with Gasteiger partial charge in [0.25, 0.3) is 16.0 Å². The zero-order valence-corrected chi connectivity index (χ0v) is 17.5. The van der Waals surface area contributed by atoms with Gasteiger partial charge in [-0.2, -0.15) is 13.4 Å². The second kappa shape index (κ2) is 10.1. The molecule has 30 heavy (non-hydrogen) atoms. The Morgan fingerprint density at radius 3 is 2.67 bits per heavy atom. The Morgan fingerprint density at radius 1 is 1.13 bits per heavy atom. The molecule has 0 aliphatic heterocycles. The summed E-state index contributed by atoms with van der Waals surface area (Å²) in [6.07, 6.45) is 7.74. The molecule has 11 nitrogen and oxygen atoms in total. The van der Waals surface area contributed by atoms with Crippen LogP contribution in [-0.2, 0) is 27.3 Å². The van der Waals surface area contributed by atoms with E-state index >= 15 is 0 Å². The molecule has 3 rings (SSSR count). The molecule has 0 fully saturated rings. The van der Waals surface area contributed by atoms with E-state index in [2.05, 4.69) is 40.0 Å². The molecule has 0 radical (unpaired) electrons. The number of hydrogen-bond acceptors (Lipinski definition) is 11. The fourth-order valence-corrected chi connectivity index (χ4v) is 2.76. The highest BCUT2D eigenvalue weighted by Crippen LogP contribution is 2.26. The van der Waals surface area contributed by atoms with Gasteiger partial charge in [0.15, 0.2) is 0 Å². The number of aromatic nitrogens is 5. The predicted octanol–water partition coefficient (Wildman–Crippen LogP) is 1.87. The number of rotatable bonds is 11. The van der Waals surface area contributed by atoms with Gasteiger partial charge in [0.05, 0.1) is 11.8 Å². The SMILES string of the molecule is CCCNc1nc(NCCc2ccncc2)ncc1-c1nnc(COS(C)(=O)=O)o1. The highest BCUT2D eigenvalue weighted by Gasteiger charge is 2.17. The van der Waals surface area contributed by atoms with Crippen LogP contribution >= 0.6 is 0 Å². The number of anilines is 2. The lowest BCUT2D eigenvalue weighted by atomic mass is 10.2. The van der Waals surface area contributed by atoms with E-state index in [1.165, 1.54) is 0 Å². The monoisotopic (exact) mass is 433 g/mol. The average molecular weight is 433 g/mol. The summed E-state index contributed by atoms with van der Waals surface area (Å²) in [5.41, 5.74) is 1.68. The summed E-state index contributed by atoms with van der Waals surface area (Å²) < 4.78 is 32.4. The minimum Gasteiger partial charge on any atom is -0.418 e. The Morgan fingerprint density at radius 2 is 1.93 bits per heavy atom. The van der Waals surface area contributed by atoms with E-state index < -0.39 is 10.1 Å². The zero-order valence-electron chi connectivity index (χ0n) is 16.7. The van der Waals surface area contributed by atoms with Crippen LogP contribution in [0.25, 0.3) is 11.5 Å². The van der Waals surface area contributed by atoms with Crippen molar-refractivity contribution in [3.63, 3.8) is 0 Å². The molecule has 0 spiro atoms. The third-order valence-corrected chi connectivity index (χ3v) is 4.42. The quantitative estimate of drug-likeness (QED) is 0.427. The van der Waals surface area contributed by atoms with Crippen molar-refractivity contribution in [2.45, 2.75) is 26.4 Å². The van der Waals surface area contributed by atoms with Crippen LogP contribution in [0.2, 0.25) is 0 Å². The molecule has 0 aliphatic rings. The molecule has 3 aromatic heterocycles. The van der Waals surface area contributed by atoms with Crippen molar-refractivity contribution in [1.29, 1.82) is 0 Å². The average Bonchev–Trinajstić information content (AvgIpc) is 3.20. The summed E-state index contributed by atoms with van der Waals surface area (Å²) >= 11 is 0. The van der Waals surface area contributed by atoms with E-state index in [0.29, 0.717) is 30.4 Å². The van der Waals surface area contributed by atoms with Gasteiger partial charge in [-0.15, -0.1) is 10.2 Å². The minimum absolute atomic E-state index is 0.0384. The normalized spacial score (nSPS) is 11.4. The molecule has 0 bridgehead atoms. The first-order chi connectivity index (χ1) is 14.4. The molecule has 3 heterocycles. The Balaban J connectivity index is 1.71. The molecule has 0 atom stereocenters. The lowest BCUT2D eigenvalue weighted by molar-refractivity contribution is 0.271. The number of hydrogen-bond donors (Lipinski definition) is 2. The largest absolute Gasteiger partial charge is 0.418 e. The molecule has 2 N–H and O–H groups in total. The van der Waals surface area contributed by atoms with Gasteiger partial charge in [0.1, 0.15) is 12.4 Å². The summed E-state index contributed by atoms with van der Waals surface area (Å²) in [4.78, 5) is 12.8. The first kappa shape index (κ1) is 21.6. The van der Waals surface area contributed by atoms with Crippen molar-refractivity contribution >= 4 is 21.9 Å². The highest BCUT2D eigenvalue weighted by molar-refractivity contribution is 7.85. The van der Waals surface area contributed by atoms with E-state index in [1.807, 2.05) is 19.1 Å². The first-order valence-corrected chi connectivity index (χ1v) is 11.2. The van der Waals surface area contributed by atoms with Gasteiger partial charge in [0, 0.05) is 31.7 Å². The molecule has 0 amide bonds. The van der Waals surface area contributed by atoms with Crippen molar-refractivity contribution in [2.75, 3.05) is 30.0 Å². The lowest BCUT2D eigenvalue weighted by Gasteiger charge is -2.10. The fraction of sp³-hybridized carbons (Fsp3) is 0.389. The van der Waals surface area contributed by atoms with E-state index in [4.69, 9.17) is 4.42 Å².